The van der Waals surface area contributed by atoms with E-state index in [4.69, 9.17) is 0 Å². The van der Waals surface area contributed by atoms with Crippen molar-refractivity contribution in [3.63, 3.8) is 0 Å². The molecule has 0 radical (unpaired) electrons. The summed E-state index contributed by atoms with van der Waals surface area (Å²) in [5.74, 6) is -0.0249. The van der Waals surface area contributed by atoms with Gasteiger partial charge in [0, 0.05) is 0 Å². The Morgan fingerprint density at radius 2 is 0.880 bits per heavy atom. The van der Waals surface area contributed by atoms with E-state index in [0.717, 1.165) is 11.1 Å². The van der Waals surface area contributed by atoms with Gasteiger partial charge in [0.1, 0.15) is 5.75 Å². The summed E-state index contributed by atoms with van der Waals surface area (Å²) in [5.41, 5.74) is 10.6. The van der Waals surface area contributed by atoms with Crippen LogP contribution in [0.1, 0.15) is 44.5 Å². The average molecular weight is 683 g/mol. The van der Waals surface area contributed by atoms with Crippen molar-refractivity contribution in [3.05, 3.63) is 221 Å². The molecule has 0 aliphatic carbocycles. The van der Waals surface area contributed by atoms with E-state index >= 15 is 0 Å². The van der Waals surface area contributed by atoms with E-state index in [9.17, 15) is 12.3 Å². The SMILES string of the molecule is C=C(c1ccccc1)c1ccc(C)cc1.C=Cc1ccccc1.Cc1ccc(/C=C/c2ccccc2)cc1.Cc1ccc(OS(=O)(=O)F)cc1. The molecular weight excluding hydrogens is 640 g/mol. The summed E-state index contributed by atoms with van der Waals surface area (Å²) in [6, 6.07) is 53.6. The molecule has 0 aromatic heterocycles. The minimum atomic E-state index is -4.89. The molecule has 0 unspecified atom stereocenters. The molecule has 6 aromatic carbocycles. The second kappa shape index (κ2) is 20.6. The van der Waals surface area contributed by atoms with Crippen molar-refractivity contribution in [2.24, 2.45) is 0 Å². The first-order valence-corrected chi connectivity index (χ1v) is 17.3. The second-order valence-electron chi connectivity index (χ2n) is 11.3. The maximum Gasteiger partial charge on any atom is 0.488 e. The maximum atomic E-state index is 11.9. The first-order chi connectivity index (χ1) is 24.0. The quantitative estimate of drug-likeness (QED) is 0.124. The molecule has 6 aromatic rings. The zero-order chi connectivity index (χ0) is 36.2. The highest BCUT2D eigenvalue weighted by molar-refractivity contribution is 7.81. The number of hydrogen-bond donors (Lipinski definition) is 0. The van der Waals surface area contributed by atoms with Crippen LogP contribution in [0.15, 0.2) is 177 Å². The number of hydrogen-bond acceptors (Lipinski definition) is 3. The molecule has 0 saturated carbocycles. The standard InChI is InChI=1S/2C15H14.C8H8.C7H7FO3S/c1-12-8-10-15(11-9-12)13(2)14-6-4-3-5-7-14;1-13-7-9-15(10-8-13)12-11-14-5-3-2-4-6-14;1-2-8-6-4-3-5-7-8;1-6-2-4-7(5-3-6)11-12(8,9)10/h3-11H,2H2,1H3;2-12H,1H3;2-7H,1H2;2-5H,1H3/b;12-11+;;. The Hall–Kier alpha value is -5.78. The van der Waals surface area contributed by atoms with Crippen molar-refractivity contribution in [2.75, 3.05) is 0 Å². The molecule has 0 spiro atoms. The summed E-state index contributed by atoms with van der Waals surface area (Å²) in [6.45, 7) is 13.8. The smallest absolute Gasteiger partial charge is 0.358 e. The summed E-state index contributed by atoms with van der Waals surface area (Å²) in [7, 11) is -4.89. The zero-order valence-corrected chi connectivity index (χ0v) is 29.6. The van der Waals surface area contributed by atoms with Crippen molar-refractivity contribution < 1.29 is 16.5 Å². The van der Waals surface area contributed by atoms with E-state index < -0.39 is 10.5 Å². The lowest BCUT2D eigenvalue weighted by Crippen LogP contribution is -2.00. The molecule has 50 heavy (non-hydrogen) atoms. The van der Waals surface area contributed by atoms with E-state index in [1.54, 1.807) is 12.1 Å². The van der Waals surface area contributed by atoms with Gasteiger partial charge in [-0.15, -0.1) is 0 Å². The van der Waals surface area contributed by atoms with Crippen LogP contribution < -0.4 is 4.18 Å². The van der Waals surface area contributed by atoms with Crippen molar-refractivity contribution in [1.29, 1.82) is 0 Å². The first-order valence-electron chi connectivity index (χ1n) is 16.0. The highest BCUT2D eigenvalue weighted by Crippen LogP contribution is 2.21. The molecular formula is C45H43FO3S. The third kappa shape index (κ3) is 15.4. The van der Waals surface area contributed by atoms with Crippen LogP contribution in [0.25, 0.3) is 23.8 Å². The third-order valence-electron chi connectivity index (χ3n) is 7.12. The third-order valence-corrected chi connectivity index (χ3v) is 7.51. The van der Waals surface area contributed by atoms with E-state index in [1.807, 2.05) is 67.6 Å². The minimum Gasteiger partial charge on any atom is -0.358 e. The van der Waals surface area contributed by atoms with E-state index in [-0.39, 0.29) is 5.75 Å². The first kappa shape index (κ1) is 38.7. The number of rotatable bonds is 7. The summed E-state index contributed by atoms with van der Waals surface area (Å²) < 4.78 is 35.9. The predicted octanol–water partition coefficient (Wildman–Crippen LogP) is 12.1. The van der Waals surface area contributed by atoms with Gasteiger partial charge in [-0.3, -0.25) is 0 Å². The molecule has 0 atom stereocenters. The molecule has 0 aliphatic rings. The Balaban J connectivity index is 0.000000185. The van der Waals surface area contributed by atoms with Crippen LogP contribution in [0.5, 0.6) is 5.75 Å². The summed E-state index contributed by atoms with van der Waals surface area (Å²) >= 11 is 0. The Morgan fingerprint density at radius 3 is 1.30 bits per heavy atom. The van der Waals surface area contributed by atoms with Crippen LogP contribution in [0.4, 0.5) is 3.89 Å². The Morgan fingerprint density at radius 1 is 0.520 bits per heavy atom. The van der Waals surface area contributed by atoms with Gasteiger partial charge in [-0.2, -0.15) is 8.42 Å². The molecule has 3 nitrogen and oxygen atoms in total. The van der Waals surface area contributed by atoms with Crippen LogP contribution >= 0.6 is 0 Å². The second-order valence-corrected chi connectivity index (χ2v) is 12.2. The molecule has 0 saturated heterocycles. The van der Waals surface area contributed by atoms with Gasteiger partial charge in [0.05, 0.1) is 0 Å². The molecule has 0 fully saturated rings. The minimum absolute atomic E-state index is 0.0249. The topological polar surface area (TPSA) is 43.4 Å². The lowest BCUT2D eigenvalue weighted by molar-refractivity contribution is 0.440. The molecule has 254 valence electrons. The fourth-order valence-corrected chi connectivity index (χ4v) is 4.63. The van der Waals surface area contributed by atoms with Gasteiger partial charge < -0.3 is 4.18 Å². The molecule has 0 heterocycles. The van der Waals surface area contributed by atoms with Crippen molar-refractivity contribution >= 4 is 34.3 Å². The van der Waals surface area contributed by atoms with Crippen LogP contribution in [-0.4, -0.2) is 8.42 Å². The molecule has 6 rings (SSSR count). The summed E-state index contributed by atoms with van der Waals surface area (Å²) in [4.78, 5) is 0. The number of halogens is 1. The fourth-order valence-electron chi connectivity index (χ4n) is 4.29. The number of benzene rings is 6. The van der Waals surface area contributed by atoms with Crippen LogP contribution in [-0.2, 0) is 10.5 Å². The van der Waals surface area contributed by atoms with Crippen LogP contribution in [0.3, 0.4) is 0 Å². The Kier molecular flexibility index (Phi) is 15.9. The van der Waals surface area contributed by atoms with E-state index in [2.05, 4.69) is 128 Å². The molecule has 5 heteroatoms. The lowest BCUT2D eigenvalue weighted by Gasteiger charge is -2.06. The van der Waals surface area contributed by atoms with E-state index in [0.29, 0.717) is 0 Å². The Labute approximate surface area is 297 Å². The fraction of sp³-hybridized carbons (Fsp3) is 0.0667. The molecule has 0 aliphatic heterocycles. The van der Waals surface area contributed by atoms with Crippen molar-refractivity contribution in [3.8, 4) is 5.75 Å². The van der Waals surface area contributed by atoms with Crippen molar-refractivity contribution in [1.82, 2.24) is 0 Å². The normalized spacial score (nSPS) is 10.2. The summed E-state index contributed by atoms with van der Waals surface area (Å²) in [6.07, 6.45) is 6.10. The van der Waals surface area contributed by atoms with E-state index in [1.165, 1.54) is 51.1 Å². The maximum absolute atomic E-state index is 11.9. The highest BCUT2D eigenvalue weighted by atomic mass is 32.3. The van der Waals surface area contributed by atoms with Crippen LogP contribution in [0, 0.1) is 20.8 Å². The monoisotopic (exact) mass is 682 g/mol. The van der Waals surface area contributed by atoms with Gasteiger partial charge in [0.15, 0.2) is 0 Å². The predicted molar refractivity (Wildman–Crippen MR) is 211 cm³/mol. The van der Waals surface area contributed by atoms with Gasteiger partial charge in [-0.1, -0.05) is 204 Å². The zero-order valence-electron chi connectivity index (χ0n) is 28.7. The van der Waals surface area contributed by atoms with Gasteiger partial charge in [-0.25, -0.2) is 0 Å². The lowest BCUT2D eigenvalue weighted by atomic mass is 9.99. The van der Waals surface area contributed by atoms with Gasteiger partial charge in [-0.05, 0) is 66.3 Å². The van der Waals surface area contributed by atoms with Crippen molar-refractivity contribution in [2.45, 2.75) is 20.8 Å². The summed E-state index contributed by atoms with van der Waals surface area (Å²) in [5, 5.41) is 0. The van der Waals surface area contributed by atoms with Gasteiger partial charge >= 0.3 is 10.5 Å². The molecule has 0 N–H and O–H groups in total. The van der Waals surface area contributed by atoms with Gasteiger partial charge in [0.25, 0.3) is 0 Å². The van der Waals surface area contributed by atoms with Crippen LogP contribution in [0.2, 0.25) is 0 Å². The Bertz CT molecular complexity index is 2000. The number of aryl methyl sites for hydroxylation is 3. The highest BCUT2D eigenvalue weighted by Gasteiger charge is 2.08. The molecule has 0 bridgehead atoms. The average Bonchev–Trinajstić information content (AvgIpc) is 3.14. The largest absolute Gasteiger partial charge is 0.488 e. The molecule has 0 amide bonds. The van der Waals surface area contributed by atoms with Gasteiger partial charge in [0.2, 0.25) is 0 Å².